The molecule has 0 aromatic heterocycles. The minimum Gasteiger partial charge on any atom is -0.388 e. The van der Waals surface area contributed by atoms with Gasteiger partial charge in [0.2, 0.25) is 11.8 Å². The number of aliphatic hydroxyl groups is 2. The summed E-state index contributed by atoms with van der Waals surface area (Å²) in [6.07, 6.45) is -3.10. The smallest absolute Gasteiger partial charge is 0.253 e. The number of nitrogens with zero attached hydrogens (tertiary/aromatic N) is 2. The highest BCUT2D eigenvalue weighted by Crippen LogP contribution is 2.18. The number of nitriles is 1. The monoisotopic (exact) mass is 601 g/mol. The zero-order valence-electron chi connectivity index (χ0n) is 24.3. The number of nitrogens with two attached hydrogens (primary N) is 1. The molecule has 2 aromatic rings. The molecule has 4 atom stereocenters. The molecule has 6 N–H and O–H groups in total. The zero-order valence-corrected chi connectivity index (χ0v) is 24.3. The SMILES string of the molecule is CCCN(CCC)C(=O)c1cc(C(N)=O)cc(C(=O)N[C@H](Cc2cc(F)cc(F)c2)[C@@H](O)[C@H](O)[C@H](CC#N)NC(C)=O)c1. The van der Waals surface area contributed by atoms with Gasteiger partial charge in [0, 0.05) is 42.8 Å². The maximum absolute atomic E-state index is 14.0. The van der Waals surface area contributed by atoms with E-state index >= 15 is 0 Å². The molecule has 43 heavy (non-hydrogen) atoms. The van der Waals surface area contributed by atoms with E-state index in [1.54, 1.807) is 11.0 Å². The molecule has 13 heteroatoms. The fourth-order valence-electron chi connectivity index (χ4n) is 4.65. The highest BCUT2D eigenvalue weighted by Gasteiger charge is 2.34. The lowest BCUT2D eigenvalue weighted by atomic mass is 9.92. The predicted molar refractivity (Wildman–Crippen MR) is 153 cm³/mol. The number of rotatable bonds is 15. The van der Waals surface area contributed by atoms with E-state index in [0.717, 1.165) is 25.1 Å². The molecule has 0 saturated heterocycles. The van der Waals surface area contributed by atoms with E-state index in [1.807, 2.05) is 13.8 Å². The molecular formula is C30H37F2N5O6. The summed E-state index contributed by atoms with van der Waals surface area (Å²) >= 11 is 0. The number of halogens is 2. The predicted octanol–water partition coefficient (Wildman–Crippen LogP) is 1.81. The maximum atomic E-state index is 14.0. The first-order valence-corrected chi connectivity index (χ1v) is 13.8. The third-order valence-electron chi connectivity index (χ3n) is 6.57. The summed E-state index contributed by atoms with van der Waals surface area (Å²) in [4.78, 5) is 52.0. The lowest BCUT2D eigenvalue weighted by Crippen LogP contribution is -2.56. The quantitative estimate of drug-likeness (QED) is 0.206. The Bertz CT molecular complexity index is 1340. The Balaban J connectivity index is 2.53. The Hall–Kier alpha value is -4.41. The molecule has 232 valence electrons. The summed E-state index contributed by atoms with van der Waals surface area (Å²) in [5.74, 6) is -4.68. The van der Waals surface area contributed by atoms with Gasteiger partial charge in [0.1, 0.15) is 23.8 Å². The highest BCUT2D eigenvalue weighted by molar-refractivity contribution is 6.04. The molecule has 0 aliphatic carbocycles. The van der Waals surface area contributed by atoms with Crippen molar-refractivity contribution in [3.8, 4) is 6.07 Å². The molecule has 0 radical (unpaired) electrons. The number of benzene rings is 2. The van der Waals surface area contributed by atoms with Gasteiger partial charge in [-0.15, -0.1) is 0 Å². The minimum absolute atomic E-state index is 0.0157. The number of nitrogens with one attached hydrogen (secondary N) is 2. The average molecular weight is 602 g/mol. The number of hydrogen-bond acceptors (Lipinski definition) is 7. The molecule has 4 amide bonds. The molecule has 2 rings (SSSR count). The van der Waals surface area contributed by atoms with E-state index in [-0.39, 0.29) is 28.7 Å². The van der Waals surface area contributed by atoms with Crippen LogP contribution in [-0.2, 0) is 11.2 Å². The summed E-state index contributed by atoms with van der Waals surface area (Å²) < 4.78 is 27.9. The van der Waals surface area contributed by atoms with Crippen LogP contribution in [0.25, 0.3) is 0 Å². The van der Waals surface area contributed by atoms with Gasteiger partial charge in [-0.25, -0.2) is 8.78 Å². The number of carbonyl (C=O) groups excluding carboxylic acids is 4. The molecule has 0 aliphatic heterocycles. The molecule has 0 spiro atoms. The second kappa shape index (κ2) is 16.3. The topological polar surface area (TPSA) is 186 Å². The minimum atomic E-state index is -1.86. The van der Waals surface area contributed by atoms with Crippen LogP contribution in [0.2, 0.25) is 0 Å². The summed E-state index contributed by atoms with van der Waals surface area (Å²) in [5, 5.41) is 36.0. The molecule has 0 saturated carbocycles. The van der Waals surface area contributed by atoms with E-state index in [2.05, 4.69) is 10.6 Å². The molecule has 0 fully saturated rings. The number of primary amides is 1. The second-order valence-electron chi connectivity index (χ2n) is 10.2. The van der Waals surface area contributed by atoms with Crippen LogP contribution < -0.4 is 16.4 Å². The maximum Gasteiger partial charge on any atom is 0.253 e. The van der Waals surface area contributed by atoms with Crippen LogP contribution in [0.5, 0.6) is 0 Å². The number of amides is 4. The van der Waals surface area contributed by atoms with Gasteiger partial charge in [0.05, 0.1) is 24.6 Å². The standard InChI is InChI=1S/C30H37F2N5O6/c1-4-8-37(9-5-2)30(43)21-14-19(28(34)41)13-20(15-21)29(42)36-25(12-18-10-22(31)16-23(32)11-18)27(40)26(39)24(6-7-33)35-17(3)38/h10-11,13-16,24-27,39-40H,4-6,8-9,12H2,1-3H3,(H2,34,41)(H,35,38)(H,36,42)/t24-,25+,26+,27+/m0/s1. The molecule has 0 unspecified atom stereocenters. The Morgan fingerprint density at radius 3 is 1.93 bits per heavy atom. The Kier molecular flexibility index (Phi) is 13.2. The van der Waals surface area contributed by atoms with Crippen molar-refractivity contribution in [2.45, 2.75) is 70.7 Å². The first-order valence-electron chi connectivity index (χ1n) is 13.8. The van der Waals surface area contributed by atoms with Gasteiger partial charge in [-0.05, 0) is 55.2 Å². The molecule has 0 aliphatic rings. The van der Waals surface area contributed by atoms with Crippen molar-refractivity contribution < 1.29 is 38.2 Å². The van der Waals surface area contributed by atoms with Crippen LogP contribution in [0, 0.1) is 23.0 Å². The summed E-state index contributed by atoms with van der Waals surface area (Å²) in [6, 6.07) is 5.37. The molecule has 2 aromatic carbocycles. The molecule has 0 bridgehead atoms. The van der Waals surface area contributed by atoms with Crippen LogP contribution in [0.4, 0.5) is 8.78 Å². The second-order valence-corrected chi connectivity index (χ2v) is 10.2. The first kappa shape index (κ1) is 34.8. The van der Waals surface area contributed by atoms with Gasteiger partial charge >= 0.3 is 0 Å². The molecule has 0 heterocycles. The van der Waals surface area contributed by atoms with Gasteiger partial charge in [0.25, 0.3) is 11.8 Å². The van der Waals surface area contributed by atoms with Crippen LogP contribution >= 0.6 is 0 Å². The summed E-state index contributed by atoms with van der Waals surface area (Å²) in [5.41, 5.74) is 5.19. The molecule has 11 nitrogen and oxygen atoms in total. The normalized spacial score (nSPS) is 13.6. The van der Waals surface area contributed by atoms with Gasteiger partial charge in [-0.2, -0.15) is 5.26 Å². The summed E-state index contributed by atoms with van der Waals surface area (Å²) in [6.45, 7) is 5.80. The first-order chi connectivity index (χ1) is 20.3. The van der Waals surface area contributed by atoms with E-state index in [1.165, 1.54) is 12.1 Å². The van der Waals surface area contributed by atoms with Gasteiger partial charge < -0.3 is 31.5 Å². The van der Waals surface area contributed by atoms with Crippen molar-refractivity contribution in [2.75, 3.05) is 13.1 Å². The van der Waals surface area contributed by atoms with E-state index in [4.69, 9.17) is 11.0 Å². The van der Waals surface area contributed by atoms with Gasteiger partial charge in [0.15, 0.2) is 0 Å². The Morgan fingerprint density at radius 2 is 1.42 bits per heavy atom. The van der Waals surface area contributed by atoms with Crippen molar-refractivity contribution in [3.05, 3.63) is 70.3 Å². The summed E-state index contributed by atoms with van der Waals surface area (Å²) in [7, 11) is 0. The van der Waals surface area contributed by atoms with E-state index in [9.17, 15) is 38.2 Å². The van der Waals surface area contributed by atoms with Crippen LogP contribution in [-0.4, -0.2) is 76.1 Å². The van der Waals surface area contributed by atoms with Gasteiger partial charge in [-0.1, -0.05) is 13.8 Å². The Labute approximate surface area is 248 Å². The van der Waals surface area contributed by atoms with Crippen molar-refractivity contribution in [1.29, 1.82) is 5.26 Å². The fraction of sp³-hybridized carbons (Fsp3) is 0.433. The van der Waals surface area contributed by atoms with E-state index in [0.29, 0.717) is 32.0 Å². The Morgan fingerprint density at radius 1 is 0.884 bits per heavy atom. The zero-order chi connectivity index (χ0) is 32.3. The largest absolute Gasteiger partial charge is 0.388 e. The number of carbonyl (C=O) groups is 4. The lowest BCUT2D eigenvalue weighted by molar-refractivity contribution is -0.121. The van der Waals surface area contributed by atoms with Crippen LogP contribution in [0.15, 0.2) is 36.4 Å². The van der Waals surface area contributed by atoms with Crippen LogP contribution in [0.1, 0.15) is 76.7 Å². The third-order valence-corrected chi connectivity index (χ3v) is 6.57. The van der Waals surface area contributed by atoms with Crippen molar-refractivity contribution >= 4 is 23.6 Å². The number of hydrogen-bond donors (Lipinski definition) is 5. The van der Waals surface area contributed by atoms with Crippen LogP contribution in [0.3, 0.4) is 0 Å². The van der Waals surface area contributed by atoms with Crippen molar-refractivity contribution in [1.82, 2.24) is 15.5 Å². The number of aliphatic hydroxyl groups excluding tert-OH is 2. The van der Waals surface area contributed by atoms with Crippen molar-refractivity contribution in [2.24, 2.45) is 5.73 Å². The highest BCUT2D eigenvalue weighted by atomic mass is 19.1. The van der Waals surface area contributed by atoms with Gasteiger partial charge in [-0.3, -0.25) is 19.2 Å². The lowest BCUT2D eigenvalue weighted by Gasteiger charge is -2.32. The fourth-order valence-corrected chi connectivity index (χ4v) is 4.65. The third kappa shape index (κ3) is 10.1. The average Bonchev–Trinajstić information content (AvgIpc) is 2.94. The van der Waals surface area contributed by atoms with Crippen molar-refractivity contribution in [3.63, 3.8) is 0 Å². The molecular weight excluding hydrogens is 564 g/mol. The van der Waals surface area contributed by atoms with E-state index < -0.39 is 66.0 Å².